The van der Waals surface area contributed by atoms with Gasteiger partial charge >= 0.3 is 6.03 Å². The quantitative estimate of drug-likeness (QED) is 0.563. The summed E-state index contributed by atoms with van der Waals surface area (Å²) in [6, 6.07) is 12.1. The summed E-state index contributed by atoms with van der Waals surface area (Å²) in [6.07, 6.45) is 0. The number of nitrogens with zero attached hydrogens (tertiary/aromatic N) is 2. The number of urea groups is 1. The number of hydrogen-bond acceptors (Lipinski definition) is 4. The molecule has 2 aromatic rings. The molecule has 1 aliphatic heterocycles. The summed E-state index contributed by atoms with van der Waals surface area (Å²) >= 11 is 0. The van der Waals surface area contributed by atoms with Gasteiger partial charge in [-0.3, -0.25) is 19.4 Å². The summed E-state index contributed by atoms with van der Waals surface area (Å²) in [5, 5.41) is 2.70. The number of benzene rings is 2. The zero-order valence-corrected chi connectivity index (χ0v) is 17.8. The fourth-order valence-corrected chi connectivity index (χ4v) is 3.42. The summed E-state index contributed by atoms with van der Waals surface area (Å²) in [4.78, 5) is 40.0. The van der Waals surface area contributed by atoms with Gasteiger partial charge in [0.05, 0.1) is 6.54 Å². The molecule has 2 aromatic carbocycles. The molecule has 7 heteroatoms. The van der Waals surface area contributed by atoms with Gasteiger partial charge in [-0.05, 0) is 51.5 Å². The molecule has 0 saturated carbocycles. The van der Waals surface area contributed by atoms with Gasteiger partial charge in [-0.1, -0.05) is 35.4 Å². The van der Waals surface area contributed by atoms with Crippen LogP contribution in [0.1, 0.15) is 23.6 Å². The third-order valence-corrected chi connectivity index (χ3v) is 5.07. The second-order valence-electron chi connectivity index (χ2n) is 7.56. The van der Waals surface area contributed by atoms with Gasteiger partial charge in [-0.15, -0.1) is 0 Å². The highest BCUT2D eigenvalue weighted by atomic mass is 16.5. The minimum absolute atomic E-state index is 0.277. The zero-order chi connectivity index (χ0) is 21.8. The standard InChI is InChI=1S/C23H27N3O4/c1-15-5-8-19(9-6-15)26-18(4)22(28)25(23(26)29)14-21(27)24-11-12-30-20-10-7-16(2)13-17(20)3/h5-10,13,18H,11-12,14H2,1-4H3,(H,24,27)/t18-/m1/s1. The van der Waals surface area contributed by atoms with E-state index in [9.17, 15) is 14.4 Å². The van der Waals surface area contributed by atoms with Crippen molar-refractivity contribution in [1.29, 1.82) is 0 Å². The Morgan fingerprint density at radius 1 is 1.03 bits per heavy atom. The van der Waals surface area contributed by atoms with Gasteiger partial charge in [0, 0.05) is 5.69 Å². The fourth-order valence-electron chi connectivity index (χ4n) is 3.42. The molecule has 1 atom stereocenters. The Morgan fingerprint density at radius 2 is 1.70 bits per heavy atom. The Bertz CT molecular complexity index is 955. The Labute approximate surface area is 176 Å². The number of rotatable bonds is 7. The molecule has 3 rings (SSSR count). The molecule has 0 aromatic heterocycles. The summed E-state index contributed by atoms with van der Waals surface area (Å²) in [5.74, 6) is -0.0246. The maximum absolute atomic E-state index is 12.8. The fraction of sp³-hybridized carbons (Fsp3) is 0.348. The van der Waals surface area contributed by atoms with Crippen LogP contribution in [0, 0.1) is 20.8 Å². The Balaban J connectivity index is 1.52. The number of aryl methyl sites for hydroxylation is 3. The molecule has 1 heterocycles. The molecule has 0 aliphatic carbocycles. The van der Waals surface area contributed by atoms with E-state index in [-0.39, 0.29) is 19.0 Å². The highest BCUT2D eigenvalue weighted by Crippen LogP contribution is 2.26. The topological polar surface area (TPSA) is 79.0 Å². The molecular formula is C23H27N3O4. The molecular weight excluding hydrogens is 382 g/mol. The van der Waals surface area contributed by atoms with Crippen molar-refractivity contribution >= 4 is 23.5 Å². The van der Waals surface area contributed by atoms with Crippen molar-refractivity contribution in [3.63, 3.8) is 0 Å². The SMILES string of the molecule is Cc1ccc(N2C(=O)N(CC(=O)NCCOc3ccc(C)cc3C)C(=O)[C@H]2C)cc1. The maximum Gasteiger partial charge on any atom is 0.332 e. The summed E-state index contributed by atoms with van der Waals surface area (Å²) in [5.41, 5.74) is 3.88. The van der Waals surface area contributed by atoms with Gasteiger partial charge in [-0.2, -0.15) is 0 Å². The van der Waals surface area contributed by atoms with E-state index in [4.69, 9.17) is 4.74 Å². The molecule has 0 spiro atoms. The molecule has 1 aliphatic rings. The molecule has 7 nitrogen and oxygen atoms in total. The van der Waals surface area contributed by atoms with Crippen LogP contribution in [0.4, 0.5) is 10.5 Å². The second kappa shape index (κ2) is 8.98. The van der Waals surface area contributed by atoms with Crippen LogP contribution >= 0.6 is 0 Å². The van der Waals surface area contributed by atoms with Gasteiger partial charge in [-0.25, -0.2) is 4.79 Å². The van der Waals surface area contributed by atoms with E-state index in [1.807, 2.05) is 51.1 Å². The predicted molar refractivity (Wildman–Crippen MR) is 115 cm³/mol. The smallest absolute Gasteiger partial charge is 0.332 e. The van der Waals surface area contributed by atoms with Gasteiger partial charge in [0.2, 0.25) is 5.91 Å². The van der Waals surface area contributed by atoms with Crippen molar-refractivity contribution in [1.82, 2.24) is 10.2 Å². The lowest BCUT2D eigenvalue weighted by Crippen LogP contribution is -2.42. The van der Waals surface area contributed by atoms with E-state index in [2.05, 4.69) is 5.32 Å². The highest BCUT2D eigenvalue weighted by molar-refractivity contribution is 6.15. The van der Waals surface area contributed by atoms with Crippen LogP contribution in [0.25, 0.3) is 0 Å². The van der Waals surface area contributed by atoms with E-state index in [0.717, 1.165) is 27.3 Å². The lowest BCUT2D eigenvalue weighted by atomic mass is 10.1. The van der Waals surface area contributed by atoms with Gasteiger partial charge < -0.3 is 10.1 Å². The van der Waals surface area contributed by atoms with E-state index in [1.165, 1.54) is 4.90 Å². The van der Waals surface area contributed by atoms with Crippen molar-refractivity contribution in [3.05, 3.63) is 59.2 Å². The summed E-state index contributed by atoms with van der Waals surface area (Å²) in [6.45, 7) is 7.85. The third-order valence-electron chi connectivity index (χ3n) is 5.07. The number of carbonyl (C=O) groups excluding carboxylic acids is 3. The first-order valence-electron chi connectivity index (χ1n) is 9.96. The minimum Gasteiger partial charge on any atom is -0.491 e. The van der Waals surface area contributed by atoms with Crippen LogP contribution in [-0.4, -0.2) is 48.5 Å². The van der Waals surface area contributed by atoms with Gasteiger partial charge in [0.1, 0.15) is 24.9 Å². The van der Waals surface area contributed by atoms with Crippen LogP contribution in [0.5, 0.6) is 5.75 Å². The molecule has 0 bridgehead atoms. The number of ether oxygens (including phenoxy) is 1. The number of carbonyl (C=O) groups is 3. The molecule has 30 heavy (non-hydrogen) atoms. The largest absolute Gasteiger partial charge is 0.491 e. The molecule has 1 fully saturated rings. The van der Waals surface area contributed by atoms with Crippen LogP contribution in [0.3, 0.4) is 0 Å². The Kier molecular flexibility index (Phi) is 6.40. The first-order chi connectivity index (χ1) is 14.3. The number of amides is 4. The number of anilines is 1. The average Bonchev–Trinajstić information content (AvgIpc) is 2.91. The Morgan fingerprint density at radius 3 is 2.37 bits per heavy atom. The van der Waals surface area contributed by atoms with Crippen molar-refractivity contribution in [2.75, 3.05) is 24.6 Å². The van der Waals surface area contributed by atoms with Crippen LogP contribution in [0.2, 0.25) is 0 Å². The number of nitrogens with one attached hydrogen (secondary N) is 1. The molecule has 0 unspecified atom stereocenters. The van der Waals surface area contributed by atoms with Crippen LogP contribution in [-0.2, 0) is 9.59 Å². The lowest BCUT2D eigenvalue weighted by Gasteiger charge is -2.19. The first kappa shape index (κ1) is 21.4. The normalized spacial score (nSPS) is 16.2. The maximum atomic E-state index is 12.8. The van der Waals surface area contributed by atoms with Crippen LogP contribution < -0.4 is 15.0 Å². The minimum atomic E-state index is -0.652. The van der Waals surface area contributed by atoms with Crippen molar-refractivity contribution in [2.24, 2.45) is 0 Å². The molecule has 158 valence electrons. The number of imide groups is 1. The predicted octanol–water partition coefficient (Wildman–Crippen LogP) is 2.96. The molecule has 0 radical (unpaired) electrons. The second-order valence-corrected chi connectivity index (χ2v) is 7.56. The van der Waals surface area contributed by atoms with Crippen molar-refractivity contribution < 1.29 is 19.1 Å². The van der Waals surface area contributed by atoms with E-state index in [0.29, 0.717) is 12.3 Å². The summed E-state index contributed by atoms with van der Waals surface area (Å²) in [7, 11) is 0. The Hall–Kier alpha value is -3.35. The molecule has 1 N–H and O–H groups in total. The highest BCUT2D eigenvalue weighted by Gasteiger charge is 2.43. The lowest BCUT2D eigenvalue weighted by molar-refractivity contribution is -0.131. The van der Waals surface area contributed by atoms with E-state index >= 15 is 0 Å². The van der Waals surface area contributed by atoms with E-state index < -0.39 is 18.0 Å². The molecule has 4 amide bonds. The summed E-state index contributed by atoms with van der Waals surface area (Å²) < 4.78 is 5.69. The monoisotopic (exact) mass is 409 g/mol. The van der Waals surface area contributed by atoms with E-state index in [1.54, 1.807) is 19.1 Å². The third kappa shape index (κ3) is 4.62. The first-order valence-corrected chi connectivity index (χ1v) is 9.96. The zero-order valence-electron chi connectivity index (χ0n) is 17.8. The van der Waals surface area contributed by atoms with Gasteiger partial charge in [0.15, 0.2) is 0 Å². The van der Waals surface area contributed by atoms with Gasteiger partial charge in [0.25, 0.3) is 5.91 Å². The van der Waals surface area contributed by atoms with Crippen molar-refractivity contribution in [3.8, 4) is 5.75 Å². The van der Waals surface area contributed by atoms with Crippen molar-refractivity contribution in [2.45, 2.75) is 33.7 Å². The van der Waals surface area contributed by atoms with Crippen LogP contribution in [0.15, 0.2) is 42.5 Å². The average molecular weight is 409 g/mol. The molecule has 1 saturated heterocycles. The number of hydrogen-bond donors (Lipinski definition) is 1.